The summed E-state index contributed by atoms with van der Waals surface area (Å²) in [5.41, 5.74) is 3.48. The maximum Gasteiger partial charge on any atom is 0.150 e. The van der Waals surface area contributed by atoms with E-state index in [4.69, 9.17) is 4.52 Å². The summed E-state index contributed by atoms with van der Waals surface area (Å²) in [7, 11) is 2.16. The van der Waals surface area contributed by atoms with Gasteiger partial charge in [-0.3, -0.25) is 4.90 Å². The summed E-state index contributed by atoms with van der Waals surface area (Å²) in [6.07, 6.45) is 2.75. The van der Waals surface area contributed by atoms with Crippen molar-refractivity contribution in [1.82, 2.24) is 24.9 Å². The third-order valence-electron chi connectivity index (χ3n) is 4.90. The molecule has 128 valence electrons. The SMILES string of the molecule is Cc1cc(CN2CCN(c3ncnc4c3CN(C)CC4)CC2)on1. The highest BCUT2D eigenvalue weighted by molar-refractivity contribution is 5.49. The van der Waals surface area contributed by atoms with Gasteiger partial charge in [0.15, 0.2) is 5.76 Å². The quantitative estimate of drug-likeness (QED) is 0.835. The molecule has 0 saturated carbocycles. The van der Waals surface area contributed by atoms with Crippen molar-refractivity contribution >= 4 is 5.82 Å². The van der Waals surface area contributed by atoms with Gasteiger partial charge in [0.1, 0.15) is 12.1 Å². The molecule has 2 aliphatic heterocycles. The molecule has 0 atom stereocenters. The standard InChI is InChI=1S/C17H24N6O/c1-13-9-14(24-20-13)10-22-5-7-23(8-6-22)17-15-11-21(2)4-3-16(15)18-12-19-17/h9,12H,3-8,10-11H2,1-2H3. The Labute approximate surface area is 142 Å². The first-order valence-corrected chi connectivity index (χ1v) is 8.60. The minimum Gasteiger partial charge on any atom is -0.360 e. The van der Waals surface area contributed by atoms with E-state index in [0.717, 1.165) is 69.5 Å². The Hall–Kier alpha value is -1.99. The Morgan fingerprint density at radius 1 is 1.12 bits per heavy atom. The molecule has 1 fully saturated rings. The summed E-state index contributed by atoms with van der Waals surface area (Å²) < 4.78 is 5.33. The number of fused-ring (bicyclic) bond motifs is 1. The Kier molecular flexibility index (Phi) is 4.20. The van der Waals surface area contributed by atoms with Crippen molar-refractivity contribution in [3.8, 4) is 0 Å². The van der Waals surface area contributed by atoms with E-state index in [1.54, 1.807) is 6.33 Å². The molecule has 1 saturated heterocycles. The van der Waals surface area contributed by atoms with Gasteiger partial charge in [-0.15, -0.1) is 0 Å². The van der Waals surface area contributed by atoms with Crippen molar-refractivity contribution in [2.24, 2.45) is 0 Å². The number of anilines is 1. The number of nitrogens with zero attached hydrogens (tertiary/aromatic N) is 6. The van der Waals surface area contributed by atoms with Crippen molar-refractivity contribution in [2.45, 2.75) is 26.4 Å². The van der Waals surface area contributed by atoms with Crippen LogP contribution in [0.1, 0.15) is 22.7 Å². The predicted molar refractivity (Wildman–Crippen MR) is 90.8 cm³/mol. The van der Waals surface area contributed by atoms with Crippen molar-refractivity contribution in [2.75, 3.05) is 44.7 Å². The second-order valence-corrected chi connectivity index (χ2v) is 6.81. The Morgan fingerprint density at radius 3 is 2.71 bits per heavy atom. The summed E-state index contributed by atoms with van der Waals surface area (Å²) in [5, 5.41) is 3.97. The third kappa shape index (κ3) is 3.14. The summed E-state index contributed by atoms with van der Waals surface area (Å²) in [6, 6.07) is 2.02. The number of piperazine rings is 1. The molecule has 7 heteroatoms. The fourth-order valence-corrected chi connectivity index (χ4v) is 3.56. The molecule has 2 aromatic rings. The van der Waals surface area contributed by atoms with Gasteiger partial charge >= 0.3 is 0 Å². The molecule has 0 bridgehead atoms. The Balaban J connectivity index is 1.43. The van der Waals surface area contributed by atoms with Crippen LogP contribution in [-0.4, -0.2) is 64.7 Å². The van der Waals surface area contributed by atoms with Crippen LogP contribution < -0.4 is 4.90 Å². The molecule has 2 aliphatic rings. The zero-order valence-corrected chi connectivity index (χ0v) is 14.4. The van der Waals surface area contributed by atoms with Gasteiger partial charge in [0.25, 0.3) is 0 Å². The molecule has 0 aliphatic carbocycles. The fourth-order valence-electron chi connectivity index (χ4n) is 3.56. The zero-order valence-electron chi connectivity index (χ0n) is 14.4. The maximum atomic E-state index is 5.33. The first kappa shape index (κ1) is 15.5. The largest absolute Gasteiger partial charge is 0.360 e. The lowest BCUT2D eigenvalue weighted by atomic mass is 10.1. The van der Waals surface area contributed by atoms with Crippen LogP contribution in [0.4, 0.5) is 5.82 Å². The number of hydrogen-bond donors (Lipinski definition) is 0. The van der Waals surface area contributed by atoms with E-state index in [0.29, 0.717) is 0 Å². The van der Waals surface area contributed by atoms with E-state index in [-0.39, 0.29) is 0 Å². The van der Waals surface area contributed by atoms with E-state index in [9.17, 15) is 0 Å². The predicted octanol–water partition coefficient (Wildman–Crippen LogP) is 1.08. The molecule has 0 radical (unpaired) electrons. The second kappa shape index (κ2) is 6.49. The lowest BCUT2D eigenvalue weighted by molar-refractivity contribution is 0.218. The molecule has 2 aromatic heterocycles. The molecule has 0 unspecified atom stereocenters. The summed E-state index contributed by atoms with van der Waals surface area (Å²) >= 11 is 0. The van der Waals surface area contributed by atoms with E-state index in [2.05, 4.69) is 36.9 Å². The number of hydrogen-bond acceptors (Lipinski definition) is 7. The van der Waals surface area contributed by atoms with Gasteiger partial charge in [0.05, 0.1) is 17.9 Å². The zero-order chi connectivity index (χ0) is 16.5. The molecule has 4 rings (SSSR count). The molecule has 24 heavy (non-hydrogen) atoms. The highest BCUT2D eigenvalue weighted by Gasteiger charge is 2.25. The fraction of sp³-hybridized carbons (Fsp3) is 0.588. The first-order valence-electron chi connectivity index (χ1n) is 8.60. The normalized spacial score (nSPS) is 19.5. The van der Waals surface area contributed by atoms with Crippen LogP contribution in [0.5, 0.6) is 0 Å². The van der Waals surface area contributed by atoms with Gasteiger partial charge in [-0.2, -0.15) is 0 Å². The Bertz CT molecular complexity index is 707. The highest BCUT2D eigenvalue weighted by atomic mass is 16.5. The summed E-state index contributed by atoms with van der Waals surface area (Å²) in [6.45, 7) is 8.81. The van der Waals surface area contributed by atoms with E-state index in [1.807, 2.05) is 13.0 Å². The van der Waals surface area contributed by atoms with Crippen LogP contribution in [0.2, 0.25) is 0 Å². The Morgan fingerprint density at radius 2 is 1.96 bits per heavy atom. The minimum absolute atomic E-state index is 0.833. The lowest BCUT2D eigenvalue weighted by Crippen LogP contribution is -2.47. The number of aryl methyl sites for hydroxylation is 1. The molecule has 7 nitrogen and oxygen atoms in total. The molecule has 0 aromatic carbocycles. The molecular formula is C17H24N6O. The van der Waals surface area contributed by atoms with E-state index in [1.165, 1.54) is 11.3 Å². The van der Waals surface area contributed by atoms with Crippen molar-refractivity contribution in [3.63, 3.8) is 0 Å². The van der Waals surface area contributed by atoms with E-state index < -0.39 is 0 Å². The monoisotopic (exact) mass is 328 g/mol. The maximum absolute atomic E-state index is 5.33. The smallest absolute Gasteiger partial charge is 0.150 e. The van der Waals surface area contributed by atoms with Crippen molar-refractivity contribution in [3.05, 3.63) is 35.1 Å². The van der Waals surface area contributed by atoms with Gasteiger partial charge in [-0.05, 0) is 14.0 Å². The summed E-state index contributed by atoms with van der Waals surface area (Å²) in [5.74, 6) is 2.07. The average molecular weight is 328 g/mol. The van der Waals surface area contributed by atoms with Gasteiger partial charge in [0, 0.05) is 57.3 Å². The van der Waals surface area contributed by atoms with Gasteiger partial charge in [0.2, 0.25) is 0 Å². The van der Waals surface area contributed by atoms with Gasteiger partial charge in [-0.1, -0.05) is 5.16 Å². The lowest BCUT2D eigenvalue weighted by Gasteiger charge is -2.37. The minimum atomic E-state index is 0.833. The second-order valence-electron chi connectivity index (χ2n) is 6.81. The first-order chi connectivity index (χ1) is 11.7. The van der Waals surface area contributed by atoms with Gasteiger partial charge in [-0.25, -0.2) is 9.97 Å². The van der Waals surface area contributed by atoms with Crippen LogP contribution in [0.15, 0.2) is 16.9 Å². The van der Waals surface area contributed by atoms with E-state index >= 15 is 0 Å². The summed E-state index contributed by atoms with van der Waals surface area (Å²) in [4.78, 5) is 16.3. The molecule has 0 spiro atoms. The van der Waals surface area contributed by atoms with Crippen LogP contribution in [0, 0.1) is 6.92 Å². The van der Waals surface area contributed by atoms with Crippen molar-refractivity contribution in [1.29, 1.82) is 0 Å². The molecule has 4 heterocycles. The van der Waals surface area contributed by atoms with Crippen LogP contribution in [0.3, 0.4) is 0 Å². The number of aromatic nitrogens is 3. The topological polar surface area (TPSA) is 61.5 Å². The molecular weight excluding hydrogens is 304 g/mol. The van der Waals surface area contributed by atoms with Gasteiger partial charge < -0.3 is 14.3 Å². The highest BCUT2D eigenvalue weighted by Crippen LogP contribution is 2.26. The average Bonchev–Trinajstić information content (AvgIpc) is 3.00. The van der Waals surface area contributed by atoms with Crippen LogP contribution >= 0.6 is 0 Å². The molecule has 0 N–H and O–H groups in total. The number of rotatable bonds is 3. The van der Waals surface area contributed by atoms with Crippen LogP contribution in [0.25, 0.3) is 0 Å². The van der Waals surface area contributed by atoms with Crippen LogP contribution in [-0.2, 0) is 19.5 Å². The van der Waals surface area contributed by atoms with Crippen molar-refractivity contribution < 1.29 is 4.52 Å². The molecule has 0 amide bonds. The third-order valence-corrected chi connectivity index (χ3v) is 4.90. The number of likely N-dealkylation sites (N-methyl/N-ethyl adjacent to an activating group) is 1.